The lowest BCUT2D eigenvalue weighted by molar-refractivity contribution is 0.147. The van der Waals surface area contributed by atoms with Gasteiger partial charge >= 0.3 is 0 Å². The fourth-order valence-electron chi connectivity index (χ4n) is 1.64. The van der Waals surface area contributed by atoms with E-state index in [9.17, 15) is 5.11 Å². The van der Waals surface area contributed by atoms with E-state index in [2.05, 4.69) is 36.5 Å². The van der Waals surface area contributed by atoms with Gasteiger partial charge in [0.15, 0.2) is 0 Å². The van der Waals surface area contributed by atoms with Crippen molar-refractivity contribution in [3.63, 3.8) is 0 Å². The smallest absolute Gasteiger partial charge is 0.133 e. The second-order valence-electron chi connectivity index (χ2n) is 4.15. The molecule has 90 valence electrons. The summed E-state index contributed by atoms with van der Waals surface area (Å²) in [5.41, 5.74) is 2.46. The maximum atomic E-state index is 9.78. The van der Waals surface area contributed by atoms with E-state index in [4.69, 9.17) is 4.42 Å². The van der Waals surface area contributed by atoms with Crippen molar-refractivity contribution in [3.05, 3.63) is 59.5 Å². The first-order valence-corrected chi connectivity index (χ1v) is 5.73. The number of aliphatic hydroxyl groups excluding tert-OH is 1. The molecule has 0 radical (unpaired) electrons. The predicted octanol–water partition coefficient (Wildman–Crippen LogP) is 2.41. The highest BCUT2D eigenvalue weighted by Crippen LogP contribution is 2.11. The van der Waals surface area contributed by atoms with Gasteiger partial charge < -0.3 is 14.8 Å². The molecule has 0 saturated carbocycles. The largest absolute Gasteiger partial charge is 0.467 e. The molecular weight excluding hydrogens is 214 g/mol. The van der Waals surface area contributed by atoms with E-state index in [1.54, 1.807) is 18.4 Å². The van der Waals surface area contributed by atoms with Crippen molar-refractivity contribution in [2.45, 2.75) is 19.6 Å². The first kappa shape index (κ1) is 11.9. The van der Waals surface area contributed by atoms with Crippen molar-refractivity contribution in [3.8, 4) is 0 Å². The summed E-state index contributed by atoms with van der Waals surface area (Å²) in [4.78, 5) is 0. The zero-order chi connectivity index (χ0) is 12.1. The van der Waals surface area contributed by atoms with E-state index in [0.29, 0.717) is 12.3 Å². The van der Waals surface area contributed by atoms with Gasteiger partial charge in [-0.05, 0) is 24.6 Å². The van der Waals surface area contributed by atoms with E-state index in [1.165, 1.54) is 11.1 Å². The van der Waals surface area contributed by atoms with Crippen LogP contribution in [0.4, 0.5) is 0 Å². The van der Waals surface area contributed by atoms with Crippen LogP contribution in [0.25, 0.3) is 0 Å². The Morgan fingerprint density at radius 3 is 2.65 bits per heavy atom. The topological polar surface area (TPSA) is 45.4 Å². The SMILES string of the molecule is Cc1ccc(CNCC(O)c2ccco2)cc1. The number of benzene rings is 1. The van der Waals surface area contributed by atoms with E-state index < -0.39 is 6.10 Å². The number of aryl methyl sites for hydroxylation is 1. The molecule has 1 aromatic heterocycles. The maximum Gasteiger partial charge on any atom is 0.133 e. The zero-order valence-corrected chi connectivity index (χ0v) is 9.89. The van der Waals surface area contributed by atoms with Crippen LogP contribution in [0.5, 0.6) is 0 Å². The molecule has 1 atom stereocenters. The van der Waals surface area contributed by atoms with Gasteiger partial charge in [-0.15, -0.1) is 0 Å². The normalized spacial score (nSPS) is 12.6. The average molecular weight is 231 g/mol. The molecule has 0 fully saturated rings. The van der Waals surface area contributed by atoms with Crippen LogP contribution in [0.1, 0.15) is 23.0 Å². The number of hydrogen-bond donors (Lipinski definition) is 2. The van der Waals surface area contributed by atoms with Gasteiger partial charge in [0.1, 0.15) is 11.9 Å². The molecule has 1 heterocycles. The summed E-state index contributed by atoms with van der Waals surface area (Å²) in [5.74, 6) is 0.599. The summed E-state index contributed by atoms with van der Waals surface area (Å²) in [6.45, 7) is 3.30. The molecule has 0 aliphatic carbocycles. The van der Waals surface area contributed by atoms with Crippen molar-refractivity contribution in [2.75, 3.05) is 6.54 Å². The number of rotatable bonds is 5. The third kappa shape index (κ3) is 3.44. The second-order valence-corrected chi connectivity index (χ2v) is 4.15. The molecule has 2 aromatic rings. The van der Waals surface area contributed by atoms with Crippen molar-refractivity contribution < 1.29 is 9.52 Å². The molecule has 0 bridgehead atoms. The summed E-state index contributed by atoms with van der Waals surface area (Å²) < 4.78 is 5.12. The maximum absolute atomic E-state index is 9.78. The molecule has 17 heavy (non-hydrogen) atoms. The molecule has 0 spiro atoms. The van der Waals surface area contributed by atoms with E-state index in [1.807, 2.05) is 0 Å². The summed E-state index contributed by atoms with van der Waals surface area (Å²) in [6, 6.07) is 11.9. The van der Waals surface area contributed by atoms with Crippen molar-refractivity contribution in [1.29, 1.82) is 0 Å². The second kappa shape index (κ2) is 5.66. The van der Waals surface area contributed by atoms with Gasteiger partial charge in [0.05, 0.1) is 6.26 Å². The van der Waals surface area contributed by atoms with Gasteiger partial charge in [-0.2, -0.15) is 0 Å². The standard InChI is InChI=1S/C14H17NO2/c1-11-4-6-12(7-5-11)9-15-10-13(16)14-3-2-8-17-14/h2-8,13,15-16H,9-10H2,1H3. The lowest BCUT2D eigenvalue weighted by Crippen LogP contribution is -2.20. The Bertz CT molecular complexity index is 434. The van der Waals surface area contributed by atoms with E-state index in [-0.39, 0.29) is 0 Å². The minimum absolute atomic E-state index is 0.487. The Kier molecular flexibility index (Phi) is 3.96. The third-order valence-electron chi connectivity index (χ3n) is 2.66. The van der Waals surface area contributed by atoms with Crippen LogP contribution in [0.15, 0.2) is 47.1 Å². The van der Waals surface area contributed by atoms with Crippen LogP contribution in [-0.2, 0) is 6.54 Å². The van der Waals surface area contributed by atoms with E-state index in [0.717, 1.165) is 6.54 Å². The number of hydrogen-bond acceptors (Lipinski definition) is 3. The Balaban J connectivity index is 1.78. The summed E-state index contributed by atoms with van der Waals surface area (Å²) in [6.07, 6.45) is 0.980. The minimum atomic E-state index is -0.588. The highest BCUT2D eigenvalue weighted by molar-refractivity contribution is 5.21. The summed E-state index contributed by atoms with van der Waals surface area (Å²) >= 11 is 0. The van der Waals surface area contributed by atoms with Gasteiger partial charge in [0, 0.05) is 13.1 Å². The van der Waals surface area contributed by atoms with E-state index >= 15 is 0 Å². The van der Waals surface area contributed by atoms with Crippen LogP contribution in [-0.4, -0.2) is 11.7 Å². The Hall–Kier alpha value is -1.58. The van der Waals surface area contributed by atoms with Gasteiger partial charge in [0.25, 0.3) is 0 Å². The molecule has 3 nitrogen and oxygen atoms in total. The molecule has 1 unspecified atom stereocenters. The molecule has 0 aliphatic rings. The van der Waals surface area contributed by atoms with Crippen LogP contribution in [0.3, 0.4) is 0 Å². The summed E-state index contributed by atoms with van der Waals surface area (Å²) in [7, 11) is 0. The molecule has 2 rings (SSSR count). The molecular formula is C14H17NO2. The van der Waals surface area contributed by atoms with Crippen LogP contribution in [0, 0.1) is 6.92 Å². The van der Waals surface area contributed by atoms with Crippen molar-refractivity contribution in [1.82, 2.24) is 5.32 Å². The number of aliphatic hydroxyl groups is 1. The van der Waals surface area contributed by atoms with Gasteiger partial charge in [-0.3, -0.25) is 0 Å². The third-order valence-corrected chi connectivity index (χ3v) is 2.66. The molecule has 1 aromatic carbocycles. The highest BCUT2D eigenvalue weighted by Gasteiger charge is 2.08. The minimum Gasteiger partial charge on any atom is -0.467 e. The Morgan fingerprint density at radius 2 is 2.00 bits per heavy atom. The molecule has 3 heteroatoms. The van der Waals surface area contributed by atoms with Crippen LogP contribution >= 0.6 is 0 Å². The van der Waals surface area contributed by atoms with Crippen molar-refractivity contribution in [2.24, 2.45) is 0 Å². The lowest BCUT2D eigenvalue weighted by atomic mass is 10.1. The average Bonchev–Trinajstić information content (AvgIpc) is 2.85. The van der Waals surface area contributed by atoms with Gasteiger partial charge in [-0.25, -0.2) is 0 Å². The Morgan fingerprint density at radius 1 is 1.24 bits per heavy atom. The first-order valence-electron chi connectivity index (χ1n) is 5.73. The van der Waals surface area contributed by atoms with Crippen molar-refractivity contribution >= 4 is 0 Å². The highest BCUT2D eigenvalue weighted by atomic mass is 16.4. The zero-order valence-electron chi connectivity index (χ0n) is 9.89. The summed E-state index contributed by atoms with van der Waals surface area (Å²) in [5, 5.41) is 13.0. The monoisotopic (exact) mass is 231 g/mol. The molecule has 0 saturated heterocycles. The quantitative estimate of drug-likeness (QED) is 0.830. The Labute approximate surface area is 101 Å². The van der Waals surface area contributed by atoms with Crippen LogP contribution in [0.2, 0.25) is 0 Å². The molecule has 0 aliphatic heterocycles. The first-order chi connectivity index (χ1) is 8.25. The number of furan rings is 1. The van der Waals surface area contributed by atoms with Crippen LogP contribution < -0.4 is 5.32 Å². The van der Waals surface area contributed by atoms with Gasteiger partial charge in [0.2, 0.25) is 0 Å². The molecule has 2 N–H and O–H groups in total. The predicted molar refractivity (Wildman–Crippen MR) is 66.6 cm³/mol. The lowest BCUT2D eigenvalue weighted by Gasteiger charge is -2.09. The number of nitrogens with one attached hydrogen (secondary N) is 1. The fraction of sp³-hybridized carbons (Fsp3) is 0.286. The molecule has 0 amide bonds. The van der Waals surface area contributed by atoms with Gasteiger partial charge in [-0.1, -0.05) is 29.8 Å². The fourth-order valence-corrected chi connectivity index (χ4v) is 1.64.